The minimum atomic E-state index is 0.405. The zero-order valence-electron chi connectivity index (χ0n) is 15.5. The largest absolute Gasteiger partial charge is 0.486 e. The van der Waals surface area contributed by atoms with Gasteiger partial charge in [-0.1, -0.05) is 11.3 Å². The number of nitrogens with zero attached hydrogens (tertiary/aromatic N) is 7. The molecule has 5 rings (SSSR count). The van der Waals surface area contributed by atoms with Gasteiger partial charge in [0.25, 0.3) is 0 Å². The molecule has 8 nitrogen and oxygen atoms in total. The zero-order chi connectivity index (χ0) is 18.7. The lowest BCUT2D eigenvalue weighted by molar-refractivity contribution is 0.426. The molecule has 0 aromatic carbocycles. The quantitative estimate of drug-likeness (QED) is 0.540. The van der Waals surface area contributed by atoms with Gasteiger partial charge in [-0.15, -0.1) is 10.2 Å². The Bertz CT molecular complexity index is 1160. The van der Waals surface area contributed by atoms with Crippen molar-refractivity contribution in [2.24, 2.45) is 7.05 Å². The van der Waals surface area contributed by atoms with Crippen LogP contribution in [-0.4, -0.2) is 41.7 Å². The summed E-state index contributed by atoms with van der Waals surface area (Å²) in [6.45, 7) is 3.93. The van der Waals surface area contributed by atoms with Crippen LogP contribution in [0, 0.1) is 13.8 Å². The van der Waals surface area contributed by atoms with E-state index in [4.69, 9.17) is 14.9 Å². The number of hydrogen-bond donors (Lipinski definition) is 0. The summed E-state index contributed by atoms with van der Waals surface area (Å²) in [4.78, 5) is 4.49. The molecule has 27 heavy (non-hydrogen) atoms. The van der Waals surface area contributed by atoms with Gasteiger partial charge in [0.1, 0.15) is 10.7 Å². The number of hydrogen-bond acceptors (Lipinski definition) is 7. The predicted molar refractivity (Wildman–Crippen MR) is 101 cm³/mol. The maximum atomic E-state index is 5.26. The average Bonchev–Trinajstić information content (AvgIpc) is 2.98. The molecule has 0 amide bonds. The number of fused-ring (bicyclic) bond motifs is 1. The first kappa shape index (κ1) is 16.4. The van der Waals surface area contributed by atoms with Gasteiger partial charge in [0.2, 0.25) is 0 Å². The summed E-state index contributed by atoms with van der Waals surface area (Å²) in [7, 11) is 3.64. The number of methoxy groups -OCH3 is 1. The zero-order valence-corrected chi connectivity index (χ0v) is 16.4. The Morgan fingerprint density at radius 3 is 2.78 bits per heavy atom. The lowest BCUT2D eigenvalue weighted by atomic mass is 10.2. The Labute approximate surface area is 159 Å². The Morgan fingerprint density at radius 2 is 2.00 bits per heavy atom. The van der Waals surface area contributed by atoms with Crippen LogP contribution in [0.15, 0.2) is 18.3 Å². The van der Waals surface area contributed by atoms with E-state index in [2.05, 4.69) is 21.2 Å². The van der Waals surface area contributed by atoms with E-state index in [0.29, 0.717) is 11.8 Å². The third kappa shape index (κ3) is 2.61. The number of thiazole rings is 1. The topological polar surface area (TPSA) is 83.0 Å². The first-order chi connectivity index (χ1) is 13.0. The van der Waals surface area contributed by atoms with Crippen LogP contribution in [0.1, 0.15) is 40.3 Å². The molecule has 9 heteroatoms. The minimum absolute atomic E-state index is 0.405. The summed E-state index contributed by atoms with van der Waals surface area (Å²) in [5, 5.41) is 19.8. The van der Waals surface area contributed by atoms with Crippen molar-refractivity contribution in [3.63, 3.8) is 0 Å². The van der Waals surface area contributed by atoms with Crippen molar-refractivity contribution in [3.05, 3.63) is 40.4 Å². The molecule has 2 unspecified atom stereocenters. The van der Waals surface area contributed by atoms with Crippen LogP contribution in [-0.2, 0) is 7.05 Å². The summed E-state index contributed by atoms with van der Waals surface area (Å²) < 4.78 is 8.95. The van der Waals surface area contributed by atoms with Crippen LogP contribution in [0.5, 0.6) is 5.06 Å². The lowest BCUT2D eigenvalue weighted by Gasteiger charge is -2.04. The van der Waals surface area contributed by atoms with Gasteiger partial charge in [0.15, 0.2) is 16.5 Å². The van der Waals surface area contributed by atoms with Crippen molar-refractivity contribution in [3.8, 4) is 16.5 Å². The van der Waals surface area contributed by atoms with Crippen molar-refractivity contribution in [1.82, 2.24) is 34.6 Å². The molecule has 1 fully saturated rings. The Morgan fingerprint density at radius 1 is 1.15 bits per heavy atom. The molecule has 1 aliphatic carbocycles. The Kier molecular flexibility index (Phi) is 3.55. The van der Waals surface area contributed by atoms with Gasteiger partial charge in [0.05, 0.1) is 24.7 Å². The Balaban J connectivity index is 1.48. The first-order valence-electron chi connectivity index (χ1n) is 8.79. The average molecular weight is 381 g/mol. The highest BCUT2D eigenvalue weighted by Crippen LogP contribution is 2.55. The molecule has 0 radical (unpaired) electrons. The second-order valence-electron chi connectivity index (χ2n) is 6.94. The minimum Gasteiger partial charge on any atom is -0.486 e. The molecule has 4 heterocycles. The molecule has 4 aromatic heterocycles. The summed E-state index contributed by atoms with van der Waals surface area (Å²) >= 11 is 1.62. The van der Waals surface area contributed by atoms with Gasteiger partial charge >= 0.3 is 0 Å². The molecule has 0 spiro atoms. The summed E-state index contributed by atoms with van der Waals surface area (Å²) in [5.74, 6) is 1.61. The summed E-state index contributed by atoms with van der Waals surface area (Å²) in [6.07, 6.45) is 2.87. The monoisotopic (exact) mass is 381 g/mol. The molecule has 138 valence electrons. The number of aryl methyl sites for hydroxylation is 3. The highest BCUT2D eigenvalue weighted by Gasteiger charge is 2.43. The highest BCUT2D eigenvalue weighted by molar-refractivity contribution is 7.13. The smallest absolute Gasteiger partial charge is 0.193 e. The van der Waals surface area contributed by atoms with Gasteiger partial charge in [-0.2, -0.15) is 14.7 Å². The molecule has 1 saturated carbocycles. The van der Waals surface area contributed by atoms with Crippen LogP contribution >= 0.6 is 11.3 Å². The van der Waals surface area contributed by atoms with E-state index in [1.54, 1.807) is 29.2 Å². The summed E-state index contributed by atoms with van der Waals surface area (Å²) in [5.41, 5.74) is 4.79. The van der Waals surface area contributed by atoms with Gasteiger partial charge in [-0.3, -0.25) is 4.68 Å². The van der Waals surface area contributed by atoms with Crippen molar-refractivity contribution < 1.29 is 4.74 Å². The van der Waals surface area contributed by atoms with Gasteiger partial charge in [-0.05, 0) is 38.0 Å². The van der Waals surface area contributed by atoms with Crippen molar-refractivity contribution in [1.29, 1.82) is 0 Å². The molecule has 2 atom stereocenters. The van der Waals surface area contributed by atoms with Gasteiger partial charge in [-0.25, -0.2) is 4.98 Å². The van der Waals surface area contributed by atoms with E-state index in [9.17, 15) is 0 Å². The van der Waals surface area contributed by atoms with E-state index in [0.717, 1.165) is 50.6 Å². The van der Waals surface area contributed by atoms with Crippen molar-refractivity contribution >= 4 is 17.0 Å². The fourth-order valence-electron chi connectivity index (χ4n) is 3.50. The van der Waals surface area contributed by atoms with E-state index in [-0.39, 0.29) is 0 Å². The van der Waals surface area contributed by atoms with Crippen LogP contribution in [0.2, 0.25) is 0 Å². The fourth-order valence-corrected chi connectivity index (χ4v) is 4.41. The van der Waals surface area contributed by atoms with Crippen LogP contribution in [0.25, 0.3) is 17.0 Å². The maximum Gasteiger partial charge on any atom is 0.193 e. The fraction of sp³-hybridized carbons (Fsp3) is 0.389. The second-order valence-corrected chi connectivity index (χ2v) is 7.97. The predicted octanol–water partition coefficient (Wildman–Crippen LogP) is 2.88. The van der Waals surface area contributed by atoms with E-state index in [1.165, 1.54) is 0 Å². The third-order valence-electron chi connectivity index (χ3n) is 5.06. The van der Waals surface area contributed by atoms with Gasteiger partial charge in [0, 0.05) is 18.9 Å². The molecule has 4 aromatic rings. The second kappa shape index (κ2) is 5.85. The molecular formula is C18H19N7OS. The number of rotatable bonds is 4. The van der Waals surface area contributed by atoms with E-state index < -0.39 is 0 Å². The van der Waals surface area contributed by atoms with Crippen LogP contribution in [0.4, 0.5) is 0 Å². The van der Waals surface area contributed by atoms with E-state index >= 15 is 0 Å². The lowest BCUT2D eigenvalue weighted by Crippen LogP contribution is -2.02. The van der Waals surface area contributed by atoms with Gasteiger partial charge < -0.3 is 4.74 Å². The van der Waals surface area contributed by atoms with Crippen molar-refractivity contribution in [2.45, 2.75) is 32.1 Å². The standard InChI is InChI=1S/C18H19N7OS/c1-9-5-14(23-25-10(2)20-21-17(9)25)15-7-13(22-24(15)3)11-6-12(11)18-19-8-16(26-4)27-18/h5,7-8,11-12H,6H2,1-4H3. The Hall–Kier alpha value is -2.81. The molecule has 0 aliphatic heterocycles. The SMILES string of the molecule is COc1cnc(C2CC2c2cc(-c3cc(C)c4nnc(C)n4n3)n(C)n2)s1. The molecule has 0 N–H and O–H groups in total. The molecule has 1 aliphatic rings. The molecule has 0 saturated heterocycles. The molecular weight excluding hydrogens is 362 g/mol. The van der Waals surface area contributed by atoms with Crippen molar-refractivity contribution in [2.75, 3.05) is 7.11 Å². The summed E-state index contributed by atoms with van der Waals surface area (Å²) in [6, 6.07) is 4.18. The normalized spacial score (nSPS) is 19.0. The van der Waals surface area contributed by atoms with E-state index in [1.807, 2.05) is 31.6 Å². The van der Waals surface area contributed by atoms with Crippen LogP contribution in [0.3, 0.4) is 0 Å². The first-order valence-corrected chi connectivity index (χ1v) is 9.60. The third-order valence-corrected chi connectivity index (χ3v) is 6.15. The number of aromatic nitrogens is 7. The van der Waals surface area contributed by atoms with Crippen LogP contribution < -0.4 is 4.74 Å². The highest BCUT2D eigenvalue weighted by atomic mass is 32.1. The maximum absolute atomic E-state index is 5.26. The molecule has 0 bridgehead atoms. The number of ether oxygens (including phenoxy) is 1.